The molecule has 0 unspecified atom stereocenters. The van der Waals surface area contributed by atoms with E-state index in [1.165, 1.54) is 14.2 Å². The second-order valence-corrected chi connectivity index (χ2v) is 9.57. The van der Waals surface area contributed by atoms with E-state index in [1.54, 1.807) is 23.1 Å². The van der Waals surface area contributed by atoms with Crippen LogP contribution in [-0.2, 0) is 9.59 Å². The number of aryl methyl sites for hydroxylation is 1. The summed E-state index contributed by atoms with van der Waals surface area (Å²) in [6.45, 7) is 4.77. The van der Waals surface area contributed by atoms with Crippen LogP contribution in [0.15, 0.2) is 47.5 Å². The smallest absolute Gasteiger partial charge is 0.258 e. The lowest BCUT2D eigenvalue weighted by atomic mass is 10.2. The van der Waals surface area contributed by atoms with E-state index in [2.05, 4.69) is 23.2 Å². The SMILES string of the molecule is C#C.COc1ccc(C(=O)NC(N)=Nc2cccc(C)c2)cc1OC.O=C(CN1CCCCCC1=O)N1CCCC1. The third kappa shape index (κ3) is 10.5. The number of hydrogen-bond acceptors (Lipinski definition) is 6. The minimum absolute atomic E-state index is 0.0235. The molecule has 2 saturated heterocycles. The van der Waals surface area contributed by atoms with E-state index < -0.39 is 0 Å². The highest BCUT2D eigenvalue weighted by atomic mass is 16.5. The minimum Gasteiger partial charge on any atom is -0.493 e. The van der Waals surface area contributed by atoms with Crippen molar-refractivity contribution in [2.24, 2.45) is 10.7 Å². The highest BCUT2D eigenvalue weighted by molar-refractivity contribution is 6.06. The van der Waals surface area contributed by atoms with Crippen molar-refractivity contribution in [2.45, 2.75) is 45.4 Å². The van der Waals surface area contributed by atoms with Gasteiger partial charge in [-0.25, -0.2) is 4.99 Å². The Hall–Kier alpha value is -4.52. The average molecular weight is 564 g/mol. The molecule has 0 aliphatic carbocycles. The molecule has 3 amide bonds. The van der Waals surface area contributed by atoms with Gasteiger partial charge < -0.3 is 25.0 Å². The van der Waals surface area contributed by atoms with E-state index in [9.17, 15) is 14.4 Å². The molecule has 0 spiro atoms. The van der Waals surface area contributed by atoms with Gasteiger partial charge in [0.1, 0.15) is 0 Å². The van der Waals surface area contributed by atoms with Gasteiger partial charge in [-0.2, -0.15) is 0 Å². The Labute approximate surface area is 242 Å². The van der Waals surface area contributed by atoms with E-state index in [0.29, 0.717) is 35.7 Å². The van der Waals surface area contributed by atoms with Crippen LogP contribution in [0.4, 0.5) is 5.69 Å². The summed E-state index contributed by atoms with van der Waals surface area (Å²) < 4.78 is 10.3. The Bertz CT molecular complexity index is 1220. The van der Waals surface area contributed by atoms with Gasteiger partial charge in [0.2, 0.25) is 17.8 Å². The van der Waals surface area contributed by atoms with E-state index >= 15 is 0 Å². The van der Waals surface area contributed by atoms with Crippen molar-refractivity contribution >= 4 is 29.4 Å². The van der Waals surface area contributed by atoms with Crippen molar-refractivity contribution < 1.29 is 23.9 Å². The van der Waals surface area contributed by atoms with Crippen LogP contribution in [0, 0.1) is 19.8 Å². The van der Waals surface area contributed by atoms with Gasteiger partial charge in [-0.1, -0.05) is 18.6 Å². The van der Waals surface area contributed by atoms with E-state index in [-0.39, 0.29) is 23.7 Å². The van der Waals surface area contributed by atoms with Crippen molar-refractivity contribution in [3.05, 3.63) is 53.6 Å². The predicted octanol–water partition coefficient (Wildman–Crippen LogP) is 3.65. The normalized spacial score (nSPS) is 15.0. The van der Waals surface area contributed by atoms with Gasteiger partial charge in [0, 0.05) is 31.6 Å². The molecule has 220 valence electrons. The van der Waals surface area contributed by atoms with Gasteiger partial charge in [0.05, 0.1) is 26.5 Å². The lowest BCUT2D eigenvalue weighted by molar-refractivity contribution is -0.139. The summed E-state index contributed by atoms with van der Waals surface area (Å²) >= 11 is 0. The van der Waals surface area contributed by atoms with E-state index in [0.717, 1.165) is 57.3 Å². The van der Waals surface area contributed by atoms with Crippen LogP contribution in [0.25, 0.3) is 0 Å². The molecule has 2 aromatic carbocycles. The molecular weight excluding hydrogens is 522 g/mol. The fourth-order valence-electron chi connectivity index (χ4n) is 4.47. The van der Waals surface area contributed by atoms with Crippen LogP contribution in [0.5, 0.6) is 11.5 Å². The first-order chi connectivity index (χ1) is 19.8. The zero-order valence-corrected chi connectivity index (χ0v) is 24.2. The maximum absolute atomic E-state index is 12.2. The second-order valence-electron chi connectivity index (χ2n) is 9.57. The van der Waals surface area contributed by atoms with Crippen molar-refractivity contribution in [3.8, 4) is 24.3 Å². The minimum atomic E-state index is -0.375. The molecule has 0 saturated carbocycles. The zero-order valence-electron chi connectivity index (χ0n) is 24.2. The van der Waals surface area contributed by atoms with Gasteiger partial charge in [0.15, 0.2) is 11.5 Å². The van der Waals surface area contributed by atoms with Crippen LogP contribution in [-0.4, -0.2) is 73.9 Å². The average Bonchev–Trinajstić information content (AvgIpc) is 3.45. The molecule has 4 rings (SSSR count). The van der Waals surface area contributed by atoms with Gasteiger partial charge in [-0.05, 0) is 68.5 Å². The number of rotatable bonds is 6. The molecule has 2 fully saturated rings. The number of nitrogens with two attached hydrogens (primary N) is 1. The molecule has 3 N–H and O–H groups in total. The van der Waals surface area contributed by atoms with Crippen LogP contribution < -0.4 is 20.5 Å². The molecule has 0 radical (unpaired) electrons. The molecule has 0 atom stereocenters. The summed E-state index contributed by atoms with van der Waals surface area (Å²) in [5, 5.41) is 2.55. The van der Waals surface area contributed by atoms with Crippen LogP contribution in [0.3, 0.4) is 0 Å². The molecule has 2 aromatic rings. The van der Waals surface area contributed by atoms with Crippen molar-refractivity contribution in [1.29, 1.82) is 0 Å². The first-order valence-corrected chi connectivity index (χ1v) is 13.6. The molecule has 2 aliphatic rings. The van der Waals surface area contributed by atoms with Gasteiger partial charge in [-0.15, -0.1) is 12.8 Å². The summed E-state index contributed by atoms with van der Waals surface area (Å²) in [7, 11) is 3.04. The molecule has 10 heteroatoms. The third-order valence-corrected chi connectivity index (χ3v) is 6.59. The number of carbonyl (C=O) groups excluding carboxylic acids is 3. The van der Waals surface area contributed by atoms with E-state index in [1.807, 2.05) is 36.1 Å². The lowest BCUT2D eigenvalue weighted by Crippen LogP contribution is -2.41. The highest BCUT2D eigenvalue weighted by Crippen LogP contribution is 2.27. The van der Waals surface area contributed by atoms with Gasteiger partial charge in [-0.3, -0.25) is 19.7 Å². The number of likely N-dealkylation sites (tertiary alicyclic amines) is 2. The van der Waals surface area contributed by atoms with Gasteiger partial charge in [0.25, 0.3) is 5.91 Å². The number of terminal acetylenes is 1. The zero-order chi connectivity index (χ0) is 30.2. The van der Waals surface area contributed by atoms with Crippen LogP contribution >= 0.6 is 0 Å². The Morgan fingerprint density at radius 3 is 2.29 bits per heavy atom. The largest absolute Gasteiger partial charge is 0.493 e. The summed E-state index contributed by atoms with van der Waals surface area (Å²) in [5.74, 6) is 0.952. The highest BCUT2D eigenvalue weighted by Gasteiger charge is 2.23. The predicted molar refractivity (Wildman–Crippen MR) is 160 cm³/mol. The van der Waals surface area contributed by atoms with Crippen LogP contribution in [0.1, 0.15) is 54.4 Å². The number of carbonyl (C=O) groups is 3. The number of nitrogens with zero attached hydrogens (tertiary/aromatic N) is 3. The van der Waals surface area contributed by atoms with Crippen molar-refractivity contribution in [3.63, 3.8) is 0 Å². The first-order valence-electron chi connectivity index (χ1n) is 13.6. The number of aliphatic imine (C=N–C) groups is 1. The van der Waals surface area contributed by atoms with Crippen molar-refractivity contribution in [1.82, 2.24) is 15.1 Å². The van der Waals surface area contributed by atoms with Gasteiger partial charge >= 0.3 is 0 Å². The maximum Gasteiger partial charge on any atom is 0.258 e. The molecule has 41 heavy (non-hydrogen) atoms. The topological polar surface area (TPSA) is 127 Å². The molecule has 2 aliphatic heterocycles. The number of amides is 3. The molecular formula is C31H41N5O5. The fourth-order valence-corrected chi connectivity index (χ4v) is 4.47. The number of nitrogens with one attached hydrogen (secondary N) is 1. The Morgan fingerprint density at radius 2 is 1.63 bits per heavy atom. The lowest BCUT2D eigenvalue weighted by Gasteiger charge is -2.23. The van der Waals surface area contributed by atoms with Crippen LogP contribution in [0.2, 0.25) is 0 Å². The number of methoxy groups -OCH3 is 2. The third-order valence-electron chi connectivity index (χ3n) is 6.59. The Kier molecular flexibility index (Phi) is 13.7. The number of guanidine groups is 1. The summed E-state index contributed by atoms with van der Waals surface area (Å²) in [6, 6.07) is 12.4. The molecule has 0 aromatic heterocycles. The molecule has 2 heterocycles. The first kappa shape index (κ1) is 32.7. The summed E-state index contributed by atoms with van der Waals surface area (Å²) in [6.07, 6.45) is 14.0. The maximum atomic E-state index is 12.2. The number of benzene rings is 2. The van der Waals surface area contributed by atoms with E-state index in [4.69, 9.17) is 15.2 Å². The monoisotopic (exact) mass is 563 g/mol. The standard InChI is InChI=1S/C17H19N3O3.C12H20N2O2.C2H2/c1-11-5-4-6-13(9-11)19-17(18)20-16(21)12-7-8-14(22-2)15(10-12)23-3;15-11-6-2-1-3-9-14(11)10-12(16)13-7-4-5-8-13;1-2/h4-10H,1-3H3,(H3,18,19,20,21);1-10H2;1-2H. The Morgan fingerprint density at radius 1 is 0.951 bits per heavy atom. The Balaban J connectivity index is 0.000000285. The number of hydrogen-bond donors (Lipinski definition) is 2. The summed E-state index contributed by atoms with van der Waals surface area (Å²) in [5.41, 5.74) is 7.91. The summed E-state index contributed by atoms with van der Waals surface area (Å²) in [4.78, 5) is 43.6. The molecule has 10 nitrogen and oxygen atoms in total. The van der Waals surface area contributed by atoms with Crippen molar-refractivity contribution in [2.75, 3.05) is 40.4 Å². The number of ether oxygens (including phenoxy) is 2. The quantitative estimate of drug-likeness (QED) is 0.314. The molecule has 0 bridgehead atoms. The fraction of sp³-hybridized carbons (Fsp3) is 0.419. The second kappa shape index (κ2) is 17.2.